The summed E-state index contributed by atoms with van der Waals surface area (Å²) < 4.78 is 31.6. The first kappa shape index (κ1) is 91.4. The molecule has 25 heteroatoms. The van der Waals surface area contributed by atoms with Crippen LogP contribution in [0.15, 0.2) is 362 Å². The van der Waals surface area contributed by atoms with E-state index in [0.717, 1.165) is 67.8 Å². The van der Waals surface area contributed by atoms with Crippen LogP contribution in [0, 0.1) is 40.6 Å². The summed E-state index contributed by atoms with van der Waals surface area (Å²) in [4.78, 5) is 80.1. The largest absolute Gasteiger partial charge is 2.00 e. The van der Waals surface area contributed by atoms with E-state index in [2.05, 4.69) is 4.85 Å². The number of para-hydroxylation sites is 4. The third kappa shape index (κ3) is 21.6. The molecule has 24 nitrogen and oxygen atoms in total. The molecule has 0 saturated carbocycles. The second kappa shape index (κ2) is 42.7. The predicted molar refractivity (Wildman–Crippen MR) is 526 cm³/mol. The number of carbonyl (C=O) groups is 4. The average molecular weight is 1850 g/mol. The fourth-order valence-corrected chi connectivity index (χ4v) is 15.5. The number of nitrogens with zero attached hydrogens (tertiary/aromatic N) is 12. The summed E-state index contributed by atoms with van der Waals surface area (Å²) in [6.07, 6.45) is 13.4. The number of ether oxygens (including phenoxy) is 5. The summed E-state index contributed by atoms with van der Waals surface area (Å²) in [5.41, 5.74) is 17.7. The summed E-state index contributed by atoms with van der Waals surface area (Å²) in [6, 6.07) is 112. The zero-order chi connectivity index (χ0) is 93.8. The van der Waals surface area contributed by atoms with Crippen LogP contribution in [0.3, 0.4) is 0 Å². The number of carboxylic acids is 3. The number of carbonyl (C=O) groups excluding carboxylic acids is 1. The number of hydrogen-bond acceptors (Lipinski definition) is 18. The molecule has 8 bridgehead atoms. The van der Waals surface area contributed by atoms with Gasteiger partial charge in [0.2, 0.25) is 5.76 Å². The van der Waals surface area contributed by atoms with E-state index >= 15 is 0 Å². The number of aliphatic carboxylic acids is 3. The Morgan fingerprint density at radius 1 is 0.328 bits per heavy atom. The molecule has 2 aliphatic heterocycles. The Hall–Kier alpha value is -18.9. The maximum atomic E-state index is 11.8. The molecule has 3 aromatic heterocycles. The van der Waals surface area contributed by atoms with Gasteiger partial charge in [0.1, 0.15) is 52.4 Å². The second-order valence-corrected chi connectivity index (χ2v) is 30.7. The normalized spacial score (nSPS) is 11.6. The molecule has 17 rings (SSSR count). The SMILES string of the molecule is [C-]#[N+]/C(=C\c1ccc(N(COc2ccc(-c3c4nc(c(-c5ccc(OCN(c6ccccc6)c6ccc(/C=C(/C#N)C(=O)O)cc6)cc5)c5ccc([n-]5)c(-c5ccc(OCN(c6ccccc6)c6ccc(/C=C(\C#N)OC=O)cc6)cc5)c5nc(c(-c6ccc(OCN(c7ccccc7)c7ccc(/C=C(/C#N)C(=O)O)cc7)cc6)c6ccc3[n-]6)C=C5)C=C4)cc2)c2ccccc2)cc1)C(=O)O.[Zn+2]. The fourth-order valence-electron chi connectivity index (χ4n) is 15.5. The van der Waals surface area contributed by atoms with Crippen LogP contribution < -0.4 is 48.5 Å². The molecule has 2 aliphatic rings. The minimum atomic E-state index is -1.32. The molecule has 5 heterocycles. The van der Waals surface area contributed by atoms with Crippen LogP contribution in [-0.2, 0) is 43.4 Å². The van der Waals surface area contributed by atoms with E-state index in [9.17, 15) is 50.3 Å². The molecule has 3 N–H and O–H groups in total. The van der Waals surface area contributed by atoms with Crippen molar-refractivity contribution in [2.75, 3.05) is 46.5 Å². The van der Waals surface area contributed by atoms with Crippen LogP contribution >= 0.6 is 0 Å². The molecule has 0 aliphatic carbocycles. The van der Waals surface area contributed by atoms with E-state index in [0.29, 0.717) is 112 Å². The molecule has 12 aromatic carbocycles. The first-order chi connectivity index (χ1) is 66.6. The van der Waals surface area contributed by atoms with Crippen LogP contribution in [0.25, 0.3) is 120 Å². The van der Waals surface area contributed by atoms with Gasteiger partial charge in [0.25, 0.3) is 12.2 Å². The quantitative estimate of drug-likeness (QED) is 0.00654. The van der Waals surface area contributed by atoms with Gasteiger partial charge in [-0.15, -0.1) is 22.1 Å². The second-order valence-electron chi connectivity index (χ2n) is 30.7. The molecule has 0 unspecified atom stereocenters. The number of rotatable bonds is 33. The molecular weight excluding hydrogens is 1770 g/mol. The number of carboxylic acid groups (broad SMARTS) is 3. The van der Waals surface area contributed by atoms with Gasteiger partial charge in [-0.05, 0) is 261 Å². The van der Waals surface area contributed by atoms with Crippen molar-refractivity contribution in [1.29, 1.82) is 15.8 Å². The van der Waals surface area contributed by atoms with Gasteiger partial charge in [-0.3, -0.25) is 9.59 Å². The van der Waals surface area contributed by atoms with Crippen LogP contribution in [-0.4, -0.2) is 76.6 Å². The first-order valence-electron chi connectivity index (χ1n) is 42.6. The molecule has 0 fully saturated rings. The maximum absolute atomic E-state index is 11.8. The molecule has 0 spiro atoms. The zero-order valence-electron chi connectivity index (χ0n) is 72.9. The summed E-state index contributed by atoms with van der Waals surface area (Å²) in [7, 11) is 0. The van der Waals surface area contributed by atoms with Crippen molar-refractivity contribution in [3.8, 4) is 85.7 Å². The minimum Gasteiger partial charge on any atom is -0.657 e. The fraction of sp³-hybridized carbons (Fsp3) is 0.0357. The van der Waals surface area contributed by atoms with Crippen LogP contribution in [0.2, 0.25) is 0 Å². The average Bonchev–Trinajstić information content (AvgIpc) is 1.61. The summed E-state index contributed by atoms with van der Waals surface area (Å²) in [5, 5.41) is 57.5. The topological polar surface area (TPSA) is 318 Å². The number of anilines is 8. The Balaban J connectivity index is 0.0000136. The monoisotopic (exact) mass is 1840 g/mol. The van der Waals surface area contributed by atoms with Crippen molar-refractivity contribution in [3.63, 3.8) is 0 Å². The molecule has 0 saturated heterocycles. The van der Waals surface area contributed by atoms with Gasteiger partial charge in [-0.25, -0.2) is 24.4 Å². The Kier molecular flexibility index (Phi) is 28.5. The van der Waals surface area contributed by atoms with E-state index < -0.39 is 34.8 Å². The smallest absolute Gasteiger partial charge is 0.657 e. The zero-order valence-corrected chi connectivity index (χ0v) is 75.9. The number of benzene rings is 12. The van der Waals surface area contributed by atoms with Gasteiger partial charge >= 0.3 is 37.4 Å². The Bertz CT molecular complexity index is 6960. The number of fused-ring (bicyclic) bond motifs is 8. The van der Waals surface area contributed by atoms with Crippen molar-refractivity contribution in [3.05, 3.63) is 419 Å². The van der Waals surface area contributed by atoms with E-state index in [-0.39, 0.29) is 58.6 Å². The molecule has 15 aromatic rings. The van der Waals surface area contributed by atoms with E-state index in [1.165, 1.54) is 24.3 Å². The Labute approximate surface area is 799 Å². The molecule has 658 valence electrons. The van der Waals surface area contributed by atoms with E-state index in [4.69, 9.17) is 50.2 Å². The van der Waals surface area contributed by atoms with Crippen LogP contribution in [0.5, 0.6) is 23.0 Å². The molecule has 0 amide bonds. The number of nitriles is 3. The number of allylic oxidation sites excluding steroid dienone is 1. The van der Waals surface area contributed by atoms with Gasteiger partial charge in [0.15, 0.2) is 26.9 Å². The summed E-state index contributed by atoms with van der Waals surface area (Å²) >= 11 is 0. The van der Waals surface area contributed by atoms with Crippen LogP contribution in [0.4, 0.5) is 45.5 Å². The van der Waals surface area contributed by atoms with Gasteiger partial charge in [0.05, 0.1) is 29.3 Å². The predicted octanol–water partition coefficient (Wildman–Crippen LogP) is 23.6. The summed E-state index contributed by atoms with van der Waals surface area (Å²) in [5.74, 6) is -1.97. The number of aromatic nitrogens is 4. The van der Waals surface area contributed by atoms with E-state index in [1.807, 2.05) is 353 Å². The molecule has 137 heavy (non-hydrogen) atoms. The van der Waals surface area contributed by atoms with Crippen molar-refractivity contribution >= 4 is 141 Å². The first-order valence-corrected chi connectivity index (χ1v) is 42.6. The van der Waals surface area contributed by atoms with Gasteiger partial charge in [-0.2, -0.15) is 15.8 Å². The summed E-state index contributed by atoms with van der Waals surface area (Å²) in [6.45, 7) is 7.87. The van der Waals surface area contributed by atoms with E-state index in [1.54, 1.807) is 48.5 Å². The van der Waals surface area contributed by atoms with Crippen molar-refractivity contribution in [2.24, 2.45) is 0 Å². The van der Waals surface area contributed by atoms with Crippen molar-refractivity contribution in [2.45, 2.75) is 0 Å². The van der Waals surface area contributed by atoms with Crippen molar-refractivity contribution in [1.82, 2.24) is 19.9 Å². The van der Waals surface area contributed by atoms with Crippen LogP contribution in [0.1, 0.15) is 45.0 Å². The molecule has 0 radical (unpaired) electrons. The minimum absolute atomic E-state index is 0. The van der Waals surface area contributed by atoms with Gasteiger partial charge < -0.3 is 68.6 Å². The molecule has 0 atom stereocenters. The third-order valence-electron chi connectivity index (χ3n) is 22.3. The Morgan fingerprint density at radius 3 is 0.803 bits per heavy atom. The standard InChI is InChI=1S/C112H78N12O12.Zn/c1-116-105(112(130)131)65-77-28-44-91(45-29-77)124(87-20-12-5-13-21-87)72-135-95-52-36-81(37-53-95)109-103-60-56-99(119-103)106(78-30-46-92(47-31-78)132-69-121(84-14-6-2-7-15-84)88-38-22-74(23-39-88)62-82(66-113)110(126)127)97-54-58-101(117-97)108(80-34-50-94(51-35-80)134-71-123(86-18-10-4-11-19-86)90-42-26-76(27-43-90)64-96(68-115)136-73-125)102-59-55-98(118-102)107(100-57-61-104(109)120-100)79-32-48-93(49-33-79)133-70-122(85-16-8-3-9-17-85)89-40-24-75(25-41-89)63-83(67-114)111(128)129;/h2-65,73H,69-72H2,(H5,117,118,119,120,126,127,128,129,130,131);/q;+2/p-2/b82-62-,83-63-,96-64+,105-65-,106-97?,106-99?,107-98?,107-100?,108-101?,108-102?,109-103?,109-104?;. The van der Waals surface area contributed by atoms with Gasteiger partial charge in [0, 0.05) is 45.5 Å². The maximum Gasteiger partial charge on any atom is 2.00 e. The third-order valence-corrected chi connectivity index (χ3v) is 22.3. The number of hydrogen-bond donors (Lipinski definition) is 3. The molecular formula is C112H76N12O12Zn. The Morgan fingerprint density at radius 2 is 0.577 bits per heavy atom. The van der Waals surface area contributed by atoms with Crippen molar-refractivity contribution < 1.29 is 77.7 Å². The van der Waals surface area contributed by atoms with Gasteiger partial charge in [-0.1, -0.05) is 194 Å².